The molecule has 2 fully saturated rings. The van der Waals surface area contributed by atoms with Crippen molar-refractivity contribution in [1.82, 2.24) is 24.7 Å². The Morgan fingerprint density at radius 1 is 0.921 bits per heavy atom. The number of Topliss-reactive ketones (excluding diaryl/α,β-unsaturated/α-hetero) is 1. The molecule has 4 unspecified atom stereocenters. The summed E-state index contributed by atoms with van der Waals surface area (Å²) in [5.74, 6) is -1.89. The summed E-state index contributed by atoms with van der Waals surface area (Å²) < 4.78 is 10.7. The van der Waals surface area contributed by atoms with Crippen LogP contribution in [0.1, 0.15) is 37.3 Å². The van der Waals surface area contributed by atoms with Crippen LogP contribution in [-0.2, 0) is 23.9 Å². The Bertz CT molecular complexity index is 1070. The van der Waals surface area contributed by atoms with Crippen LogP contribution < -0.4 is 0 Å². The van der Waals surface area contributed by atoms with E-state index in [1.165, 1.54) is 14.2 Å². The predicted molar refractivity (Wildman–Crippen MR) is 140 cm³/mol. The topological polar surface area (TPSA) is 105 Å². The molecular formula is C28H37N5O5. The molecule has 0 aliphatic carbocycles. The summed E-state index contributed by atoms with van der Waals surface area (Å²) in [5, 5.41) is 0. The fourth-order valence-corrected chi connectivity index (χ4v) is 6.45. The minimum absolute atomic E-state index is 0.0963. The van der Waals surface area contributed by atoms with Crippen molar-refractivity contribution in [3.05, 3.63) is 60.2 Å². The van der Waals surface area contributed by atoms with E-state index in [1.807, 2.05) is 29.0 Å². The summed E-state index contributed by atoms with van der Waals surface area (Å²) in [5.41, 5.74) is -2.34. The van der Waals surface area contributed by atoms with Gasteiger partial charge in [0.2, 0.25) is 0 Å². The minimum Gasteiger partial charge on any atom is -0.468 e. The fraction of sp³-hybridized carbons (Fsp3) is 0.536. The molecule has 2 aromatic heterocycles. The highest BCUT2D eigenvalue weighted by Crippen LogP contribution is 2.60. The summed E-state index contributed by atoms with van der Waals surface area (Å²) >= 11 is 0. The number of carbonyl (C=O) groups is 3. The quantitative estimate of drug-likeness (QED) is 0.357. The Hall–Kier alpha value is -3.21. The second kappa shape index (κ2) is 11.3. The third-order valence-corrected chi connectivity index (χ3v) is 8.17. The first-order valence-electron chi connectivity index (χ1n) is 13.0. The molecule has 2 aromatic rings. The molecule has 4 atom stereocenters. The minimum atomic E-state index is -1.71. The Kier molecular flexibility index (Phi) is 8.25. The third-order valence-electron chi connectivity index (χ3n) is 8.17. The lowest BCUT2D eigenvalue weighted by Crippen LogP contribution is -2.75. The maximum atomic E-state index is 14.8. The summed E-state index contributed by atoms with van der Waals surface area (Å²) in [4.78, 5) is 57.8. The molecule has 0 aromatic carbocycles. The zero-order chi connectivity index (χ0) is 27.5. The normalized spacial score (nSPS) is 27.8. The fourth-order valence-electron chi connectivity index (χ4n) is 6.45. The highest BCUT2D eigenvalue weighted by atomic mass is 16.5. The molecule has 0 spiro atoms. The van der Waals surface area contributed by atoms with Crippen LogP contribution in [0.15, 0.2) is 48.8 Å². The second-order valence-corrected chi connectivity index (χ2v) is 9.97. The van der Waals surface area contributed by atoms with Crippen molar-refractivity contribution in [3.63, 3.8) is 0 Å². The first kappa shape index (κ1) is 27.8. The number of carbonyl (C=O) groups excluding carboxylic acids is 3. The van der Waals surface area contributed by atoms with Crippen molar-refractivity contribution in [2.45, 2.75) is 25.9 Å². The molecule has 0 N–H and O–H groups in total. The van der Waals surface area contributed by atoms with Gasteiger partial charge in [-0.25, -0.2) is 0 Å². The molecule has 2 saturated heterocycles. The van der Waals surface area contributed by atoms with Gasteiger partial charge >= 0.3 is 11.9 Å². The SMILES string of the molecule is CCN(CC)CCN1CC2(C(=O)OC)C(=O)C(C(=O)OC)(C1)C(c1ccccn1)N(C)C2c1ccccn1. The van der Waals surface area contributed by atoms with E-state index in [4.69, 9.17) is 9.47 Å². The van der Waals surface area contributed by atoms with Gasteiger partial charge in [-0.3, -0.25) is 34.2 Å². The van der Waals surface area contributed by atoms with Gasteiger partial charge in [0, 0.05) is 38.6 Å². The number of rotatable bonds is 9. The van der Waals surface area contributed by atoms with Gasteiger partial charge in [-0.05, 0) is 44.4 Å². The molecule has 0 radical (unpaired) electrons. The van der Waals surface area contributed by atoms with Crippen LogP contribution in [0, 0.1) is 10.8 Å². The number of nitrogens with zero attached hydrogens (tertiary/aromatic N) is 5. The first-order valence-corrected chi connectivity index (χ1v) is 13.0. The zero-order valence-electron chi connectivity index (χ0n) is 22.8. The van der Waals surface area contributed by atoms with Crippen LogP contribution in [0.3, 0.4) is 0 Å². The highest BCUT2D eigenvalue weighted by Gasteiger charge is 2.75. The number of methoxy groups -OCH3 is 2. The molecule has 4 heterocycles. The molecular weight excluding hydrogens is 486 g/mol. The van der Waals surface area contributed by atoms with E-state index in [1.54, 1.807) is 36.7 Å². The maximum absolute atomic E-state index is 14.8. The Labute approximate surface area is 223 Å². The molecule has 10 heteroatoms. The molecule has 2 aliphatic rings. The number of fused-ring (bicyclic) bond motifs is 2. The van der Waals surface area contributed by atoms with E-state index in [9.17, 15) is 14.4 Å². The molecule has 2 bridgehead atoms. The second-order valence-electron chi connectivity index (χ2n) is 9.97. The number of likely N-dealkylation sites (N-methyl/N-ethyl adjacent to an activating group) is 1. The van der Waals surface area contributed by atoms with Crippen molar-refractivity contribution in [3.8, 4) is 0 Å². The molecule has 4 rings (SSSR count). The van der Waals surface area contributed by atoms with Gasteiger partial charge in [0.25, 0.3) is 0 Å². The van der Waals surface area contributed by atoms with Crippen LogP contribution in [0.2, 0.25) is 0 Å². The van der Waals surface area contributed by atoms with Crippen LogP contribution in [-0.4, -0.2) is 103 Å². The molecule has 0 amide bonds. The van der Waals surface area contributed by atoms with Crippen molar-refractivity contribution in [2.24, 2.45) is 10.8 Å². The van der Waals surface area contributed by atoms with Gasteiger partial charge in [-0.2, -0.15) is 0 Å². The first-order chi connectivity index (χ1) is 18.3. The number of likely N-dealkylation sites (tertiary alicyclic amines) is 2. The smallest absolute Gasteiger partial charge is 0.322 e. The van der Waals surface area contributed by atoms with Crippen molar-refractivity contribution in [1.29, 1.82) is 0 Å². The summed E-state index contributed by atoms with van der Waals surface area (Å²) in [7, 11) is 4.37. The Balaban J connectivity index is 1.99. The standard InChI is InChI=1S/C28H37N5O5/c1-6-32(7-2)16-17-33-18-27(25(35)37-4)22(20-12-8-10-14-29-20)31(3)23(21-13-9-11-15-30-21)28(19-33,24(27)34)26(36)38-5/h8-15,22-23H,6-7,16-19H2,1-5H3. The van der Waals surface area contributed by atoms with Gasteiger partial charge < -0.3 is 14.4 Å². The van der Waals surface area contributed by atoms with E-state index >= 15 is 0 Å². The number of ketones is 1. The molecule has 10 nitrogen and oxygen atoms in total. The van der Waals surface area contributed by atoms with Crippen molar-refractivity contribution < 1.29 is 23.9 Å². The molecule has 38 heavy (non-hydrogen) atoms. The number of ether oxygens (including phenoxy) is 2. The largest absolute Gasteiger partial charge is 0.468 e. The number of piperidine rings is 2. The number of aromatic nitrogens is 2. The summed E-state index contributed by atoms with van der Waals surface area (Å²) in [6, 6.07) is 9.21. The maximum Gasteiger partial charge on any atom is 0.322 e. The van der Waals surface area contributed by atoms with Gasteiger partial charge in [0.1, 0.15) is 0 Å². The Morgan fingerprint density at radius 2 is 1.39 bits per heavy atom. The predicted octanol–water partition coefficient (Wildman–Crippen LogP) is 1.75. The van der Waals surface area contributed by atoms with E-state index in [-0.39, 0.29) is 13.1 Å². The zero-order valence-corrected chi connectivity index (χ0v) is 22.8. The van der Waals surface area contributed by atoms with Crippen molar-refractivity contribution >= 4 is 17.7 Å². The summed E-state index contributed by atoms with van der Waals surface area (Å²) in [6.07, 6.45) is 3.27. The molecule has 2 aliphatic heterocycles. The van der Waals surface area contributed by atoms with Gasteiger partial charge in [0.15, 0.2) is 16.6 Å². The number of esters is 2. The van der Waals surface area contributed by atoms with Crippen molar-refractivity contribution in [2.75, 3.05) is 60.5 Å². The van der Waals surface area contributed by atoms with Crippen LogP contribution >= 0.6 is 0 Å². The number of hydrogen-bond acceptors (Lipinski definition) is 10. The number of pyridine rings is 2. The van der Waals surface area contributed by atoms with E-state index in [0.717, 1.165) is 13.1 Å². The van der Waals surface area contributed by atoms with E-state index in [2.05, 4.69) is 28.7 Å². The van der Waals surface area contributed by atoms with E-state index in [0.29, 0.717) is 24.5 Å². The van der Waals surface area contributed by atoms with Crippen LogP contribution in [0.5, 0.6) is 0 Å². The molecule has 204 valence electrons. The average molecular weight is 524 g/mol. The number of hydrogen-bond donors (Lipinski definition) is 0. The monoisotopic (exact) mass is 523 g/mol. The highest BCUT2D eigenvalue weighted by molar-refractivity contribution is 6.17. The average Bonchev–Trinajstić information content (AvgIpc) is 2.95. The van der Waals surface area contributed by atoms with Crippen LogP contribution in [0.4, 0.5) is 0 Å². The van der Waals surface area contributed by atoms with Gasteiger partial charge in [0.05, 0.1) is 37.7 Å². The lowest BCUT2D eigenvalue weighted by atomic mass is 9.54. The van der Waals surface area contributed by atoms with Gasteiger partial charge in [-0.15, -0.1) is 0 Å². The van der Waals surface area contributed by atoms with Gasteiger partial charge in [-0.1, -0.05) is 26.0 Å². The molecule has 0 saturated carbocycles. The lowest BCUT2D eigenvalue weighted by Gasteiger charge is -2.60. The summed E-state index contributed by atoms with van der Waals surface area (Å²) in [6.45, 7) is 7.37. The van der Waals surface area contributed by atoms with Crippen LogP contribution in [0.25, 0.3) is 0 Å². The third kappa shape index (κ3) is 4.30. The lowest BCUT2D eigenvalue weighted by molar-refractivity contribution is -0.204. The van der Waals surface area contributed by atoms with E-state index < -0.39 is 40.6 Å². The Morgan fingerprint density at radius 3 is 1.76 bits per heavy atom.